The number of methoxy groups -OCH3 is 1. The van der Waals surface area contributed by atoms with E-state index in [1.54, 1.807) is 12.1 Å². The maximum Gasteiger partial charge on any atom is 0.235 e. The molecule has 0 aliphatic rings. The number of halogens is 1. The molecule has 90 valence electrons. The van der Waals surface area contributed by atoms with Crippen LogP contribution in [0.1, 0.15) is 12.5 Å². The number of hydrogen-bond donors (Lipinski definition) is 1. The van der Waals surface area contributed by atoms with Crippen LogP contribution in [0.4, 0.5) is 5.69 Å². The summed E-state index contributed by atoms with van der Waals surface area (Å²) >= 11 is 3.33. The van der Waals surface area contributed by atoms with Gasteiger partial charge in [-0.15, -0.1) is 0 Å². The third kappa shape index (κ3) is 3.41. The van der Waals surface area contributed by atoms with Crippen LogP contribution in [0.15, 0.2) is 21.6 Å². The van der Waals surface area contributed by atoms with Crippen LogP contribution in [-0.4, -0.2) is 19.1 Å². The molecule has 0 bridgehead atoms. The third-order valence-electron chi connectivity index (χ3n) is 2.04. The molecular weight excluding hydrogens is 288 g/mol. The van der Waals surface area contributed by atoms with Gasteiger partial charge < -0.3 is 10.1 Å². The molecule has 6 heteroatoms. The van der Waals surface area contributed by atoms with E-state index in [2.05, 4.69) is 26.2 Å². The van der Waals surface area contributed by atoms with Gasteiger partial charge in [0.1, 0.15) is 5.75 Å². The van der Waals surface area contributed by atoms with Crippen molar-refractivity contribution in [3.05, 3.63) is 22.2 Å². The Morgan fingerprint density at radius 3 is 2.82 bits per heavy atom. The number of nitrogens with zero attached hydrogens (tertiary/aromatic N) is 1. The number of carbonyl (C=O) groups excluding carboxylic acids is 2. The number of amides is 1. The van der Waals surface area contributed by atoms with Gasteiger partial charge in [0.25, 0.3) is 0 Å². The SMILES string of the molecule is COc1ccc(Br)c(CN=C=O)c1NC(C)=O. The standard InChI is InChI=1S/C11H11BrN2O3/c1-7(16)14-11-8(5-13-6-15)9(12)3-4-10(11)17-2/h3-4H,5H2,1-2H3,(H,14,16). The largest absolute Gasteiger partial charge is 0.495 e. The topological polar surface area (TPSA) is 67.8 Å². The summed E-state index contributed by atoms with van der Waals surface area (Å²) in [6, 6.07) is 3.48. The van der Waals surface area contributed by atoms with Crippen molar-refractivity contribution >= 4 is 33.6 Å². The maximum absolute atomic E-state index is 11.1. The Balaban J connectivity index is 3.29. The fourth-order valence-electron chi connectivity index (χ4n) is 1.35. The summed E-state index contributed by atoms with van der Waals surface area (Å²) in [6.07, 6.45) is 1.46. The lowest BCUT2D eigenvalue weighted by Gasteiger charge is -2.14. The molecular formula is C11H11BrN2O3. The Hall–Kier alpha value is -1.65. The van der Waals surface area contributed by atoms with Crippen molar-refractivity contribution in [2.45, 2.75) is 13.5 Å². The van der Waals surface area contributed by atoms with Crippen molar-refractivity contribution in [1.29, 1.82) is 0 Å². The summed E-state index contributed by atoms with van der Waals surface area (Å²) in [5, 5.41) is 2.66. The summed E-state index contributed by atoms with van der Waals surface area (Å²) < 4.78 is 5.88. The molecule has 1 aromatic rings. The second-order valence-corrected chi connectivity index (χ2v) is 4.05. The van der Waals surface area contributed by atoms with Crippen LogP contribution in [0.5, 0.6) is 5.75 Å². The normalized spacial score (nSPS) is 9.35. The van der Waals surface area contributed by atoms with Gasteiger partial charge in [0.15, 0.2) is 0 Å². The number of anilines is 1. The van der Waals surface area contributed by atoms with Gasteiger partial charge in [-0.2, -0.15) is 0 Å². The molecule has 0 unspecified atom stereocenters. The first kappa shape index (κ1) is 13.4. The van der Waals surface area contributed by atoms with Crippen LogP contribution >= 0.6 is 15.9 Å². The van der Waals surface area contributed by atoms with Gasteiger partial charge in [0.05, 0.1) is 19.3 Å². The van der Waals surface area contributed by atoms with Crippen LogP contribution < -0.4 is 10.1 Å². The molecule has 0 fully saturated rings. The zero-order valence-electron chi connectivity index (χ0n) is 9.41. The summed E-state index contributed by atoms with van der Waals surface area (Å²) in [7, 11) is 1.50. The van der Waals surface area contributed by atoms with E-state index in [0.29, 0.717) is 17.0 Å². The molecule has 0 spiro atoms. The highest BCUT2D eigenvalue weighted by atomic mass is 79.9. The molecule has 0 aromatic heterocycles. The molecule has 0 atom stereocenters. The van der Waals surface area contributed by atoms with Gasteiger partial charge in [-0.05, 0) is 12.1 Å². The van der Waals surface area contributed by atoms with E-state index in [-0.39, 0.29) is 12.5 Å². The number of aliphatic imine (C=N–C) groups is 1. The van der Waals surface area contributed by atoms with Crippen molar-refractivity contribution in [3.63, 3.8) is 0 Å². The minimum absolute atomic E-state index is 0.122. The number of carbonyl (C=O) groups is 1. The highest BCUT2D eigenvalue weighted by Crippen LogP contribution is 2.34. The van der Waals surface area contributed by atoms with Gasteiger partial charge in [-0.25, -0.2) is 9.79 Å². The summed E-state index contributed by atoms with van der Waals surface area (Å²) in [5.74, 6) is 0.289. The Bertz CT molecular complexity index is 482. The van der Waals surface area contributed by atoms with Gasteiger partial charge in [0, 0.05) is 17.0 Å². The number of nitrogens with one attached hydrogen (secondary N) is 1. The first-order chi connectivity index (χ1) is 8.10. The Morgan fingerprint density at radius 2 is 2.29 bits per heavy atom. The van der Waals surface area contributed by atoms with Gasteiger partial charge in [-0.3, -0.25) is 4.79 Å². The highest BCUT2D eigenvalue weighted by Gasteiger charge is 2.13. The molecule has 0 saturated heterocycles. The van der Waals surface area contributed by atoms with Crippen molar-refractivity contribution in [2.75, 3.05) is 12.4 Å². The van der Waals surface area contributed by atoms with E-state index in [9.17, 15) is 9.59 Å². The molecule has 1 rings (SSSR count). The molecule has 1 N–H and O–H groups in total. The lowest BCUT2D eigenvalue weighted by molar-refractivity contribution is -0.114. The van der Waals surface area contributed by atoms with Crippen molar-refractivity contribution in [2.24, 2.45) is 4.99 Å². The Morgan fingerprint density at radius 1 is 1.59 bits per heavy atom. The lowest BCUT2D eigenvalue weighted by atomic mass is 10.1. The summed E-state index contributed by atoms with van der Waals surface area (Å²) in [4.78, 5) is 24.8. The number of hydrogen-bond acceptors (Lipinski definition) is 4. The molecule has 0 saturated carbocycles. The van der Waals surface area contributed by atoms with Crippen LogP contribution in [-0.2, 0) is 16.1 Å². The third-order valence-corrected chi connectivity index (χ3v) is 2.78. The molecule has 0 radical (unpaired) electrons. The molecule has 1 amide bonds. The van der Waals surface area contributed by atoms with Crippen molar-refractivity contribution in [3.8, 4) is 5.75 Å². The first-order valence-corrected chi connectivity index (χ1v) is 5.56. The fourth-order valence-corrected chi connectivity index (χ4v) is 1.81. The molecule has 17 heavy (non-hydrogen) atoms. The lowest BCUT2D eigenvalue weighted by Crippen LogP contribution is -2.10. The van der Waals surface area contributed by atoms with Crippen LogP contribution in [0.2, 0.25) is 0 Å². The zero-order chi connectivity index (χ0) is 12.8. The molecule has 0 heterocycles. The van der Waals surface area contributed by atoms with E-state index >= 15 is 0 Å². The highest BCUT2D eigenvalue weighted by molar-refractivity contribution is 9.10. The second-order valence-electron chi connectivity index (χ2n) is 3.19. The Kier molecular flexibility index (Phi) is 4.87. The molecule has 0 aliphatic carbocycles. The van der Waals surface area contributed by atoms with E-state index in [0.717, 1.165) is 4.47 Å². The number of benzene rings is 1. The van der Waals surface area contributed by atoms with E-state index < -0.39 is 0 Å². The minimum atomic E-state index is -0.224. The fraction of sp³-hybridized carbons (Fsp3) is 0.273. The number of rotatable bonds is 4. The van der Waals surface area contributed by atoms with Gasteiger partial charge >= 0.3 is 0 Å². The smallest absolute Gasteiger partial charge is 0.235 e. The van der Waals surface area contributed by atoms with Crippen LogP contribution in [0.25, 0.3) is 0 Å². The predicted molar refractivity (Wildman–Crippen MR) is 66.8 cm³/mol. The average Bonchev–Trinajstić information content (AvgIpc) is 2.28. The van der Waals surface area contributed by atoms with Crippen LogP contribution in [0.3, 0.4) is 0 Å². The second kappa shape index (κ2) is 6.18. The summed E-state index contributed by atoms with van der Waals surface area (Å²) in [6.45, 7) is 1.52. The van der Waals surface area contributed by atoms with Gasteiger partial charge in [-0.1, -0.05) is 15.9 Å². The van der Waals surface area contributed by atoms with Crippen LogP contribution in [0, 0.1) is 0 Å². The quantitative estimate of drug-likeness (QED) is 0.685. The summed E-state index contributed by atoms with van der Waals surface area (Å²) in [5.41, 5.74) is 1.18. The average molecular weight is 299 g/mol. The monoisotopic (exact) mass is 298 g/mol. The van der Waals surface area contributed by atoms with E-state index in [1.807, 2.05) is 0 Å². The van der Waals surface area contributed by atoms with Gasteiger partial charge in [0.2, 0.25) is 12.0 Å². The Labute approximate surface area is 107 Å². The number of ether oxygens (including phenoxy) is 1. The molecule has 1 aromatic carbocycles. The zero-order valence-corrected chi connectivity index (χ0v) is 11.0. The van der Waals surface area contributed by atoms with E-state index in [1.165, 1.54) is 20.1 Å². The minimum Gasteiger partial charge on any atom is -0.495 e. The van der Waals surface area contributed by atoms with Crippen molar-refractivity contribution in [1.82, 2.24) is 0 Å². The maximum atomic E-state index is 11.1. The first-order valence-electron chi connectivity index (χ1n) is 4.76. The molecule has 5 nitrogen and oxygen atoms in total. The number of isocyanates is 1. The van der Waals surface area contributed by atoms with E-state index in [4.69, 9.17) is 4.74 Å². The van der Waals surface area contributed by atoms with Crippen molar-refractivity contribution < 1.29 is 14.3 Å². The predicted octanol–water partition coefficient (Wildman–Crippen LogP) is 2.25. The molecule has 0 aliphatic heterocycles.